The summed E-state index contributed by atoms with van der Waals surface area (Å²) >= 11 is 0. The molecule has 0 aliphatic carbocycles. The number of aryl methyl sites for hydroxylation is 1. The zero-order valence-corrected chi connectivity index (χ0v) is 15.6. The quantitative estimate of drug-likeness (QED) is 0.688. The fourth-order valence-corrected chi connectivity index (χ4v) is 4.16. The molecule has 140 valence electrons. The van der Waals surface area contributed by atoms with E-state index < -0.39 is 21.8 Å². The van der Waals surface area contributed by atoms with Crippen LogP contribution >= 0.6 is 0 Å². The van der Waals surface area contributed by atoms with Crippen LogP contribution in [0.1, 0.15) is 26.4 Å². The van der Waals surface area contributed by atoms with Crippen LogP contribution in [0.15, 0.2) is 71.8 Å². The lowest BCUT2D eigenvalue weighted by Crippen LogP contribution is -2.29. The summed E-state index contributed by atoms with van der Waals surface area (Å²) in [5, 5.41) is 0. The van der Waals surface area contributed by atoms with E-state index in [1.807, 2.05) is 0 Å². The number of benzene rings is 2. The number of hydrogen-bond donors (Lipinski definition) is 1. The molecule has 2 aromatic carbocycles. The van der Waals surface area contributed by atoms with Crippen molar-refractivity contribution in [3.63, 3.8) is 0 Å². The van der Waals surface area contributed by atoms with Crippen molar-refractivity contribution < 1.29 is 18.0 Å². The van der Waals surface area contributed by atoms with Gasteiger partial charge in [-0.2, -0.15) is 0 Å². The van der Waals surface area contributed by atoms with Crippen molar-refractivity contribution in [2.24, 2.45) is 0 Å². The van der Waals surface area contributed by atoms with E-state index in [-0.39, 0.29) is 27.5 Å². The molecule has 1 aliphatic rings. The minimum Gasteiger partial charge on any atom is -0.280 e. The standard InChI is InChI=1S/C20H15N3O4S/c1-13-5-2-8-16(11-13)28(26,27)22-14-6-3-7-15(12-14)23-19(24)17-9-4-10-21-18(17)20(23)25/h2-12,22H,1H3. The van der Waals surface area contributed by atoms with Gasteiger partial charge in [0.1, 0.15) is 5.69 Å². The molecular weight excluding hydrogens is 378 g/mol. The van der Waals surface area contributed by atoms with Crippen LogP contribution in [-0.4, -0.2) is 25.2 Å². The fraction of sp³-hybridized carbons (Fsp3) is 0.0500. The number of nitrogens with zero attached hydrogens (tertiary/aromatic N) is 2. The molecule has 1 N–H and O–H groups in total. The molecule has 0 fully saturated rings. The summed E-state index contributed by atoms with van der Waals surface area (Å²) in [6, 6.07) is 15.8. The third-order valence-electron chi connectivity index (χ3n) is 4.30. The largest absolute Gasteiger partial charge is 0.284 e. The van der Waals surface area contributed by atoms with Gasteiger partial charge in [-0.25, -0.2) is 13.3 Å². The van der Waals surface area contributed by atoms with Crippen molar-refractivity contribution >= 4 is 33.2 Å². The maximum absolute atomic E-state index is 12.6. The highest BCUT2D eigenvalue weighted by molar-refractivity contribution is 7.92. The molecule has 4 rings (SSSR count). The van der Waals surface area contributed by atoms with Crippen LogP contribution in [0.2, 0.25) is 0 Å². The van der Waals surface area contributed by atoms with Gasteiger partial charge in [0.05, 0.1) is 21.8 Å². The van der Waals surface area contributed by atoms with Gasteiger partial charge in [-0.05, 0) is 55.0 Å². The predicted molar refractivity (Wildman–Crippen MR) is 104 cm³/mol. The van der Waals surface area contributed by atoms with E-state index in [0.29, 0.717) is 0 Å². The molecule has 8 heteroatoms. The zero-order valence-electron chi connectivity index (χ0n) is 14.8. The Morgan fingerprint density at radius 3 is 2.46 bits per heavy atom. The Hall–Kier alpha value is -3.52. The second-order valence-electron chi connectivity index (χ2n) is 6.32. The van der Waals surface area contributed by atoms with E-state index in [1.165, 1.54) is 24.4 Å². The Bertz CT molecular complexity index is 1190. The van der Waals surface area contributed by atoms with Crippen LogP contribution in [0.4, 0.5) is 11.4 Å². The molecular formula is C20H15N3O4S. The Labute approximate surface area is 161 Å². The smallest absolute Gasteiger partial charge is 0.280 e. The number of rotatable bonds is 4. The van der Waals surface area contributed by atoms with Crippen molar-refractivity contribution in [2.45, 2.75) is 11.8 Å². The second kappa shape index (κ2) is 6.58. The number of fused-ring (bicyclic) bond motifs is 1. The van der Waals surface area contributed by atoms with Crippen molar-refractivity contribution in [3.05, 3.63) is 83.7 Å². The lowest BCUT2D eigenvalue weighted by atomic mass is 10.2. The summed E-state index contributed by atoms with van der Waals surface area (Å²) in [5.74, 6) is -1.04. The number of pyridine rings is 1. The minimum atomic E-state index is -3.81. The average molecular weight is 393 g/mol. The molecule has 0 radical (unpaired) electrons. The molecule has 2 amide bonds. The van der Waals surface area contributed by atoms with Crippen LogP contribution < -0.4 is 9.62 Å². The molecule has 0 saturated heterocycles. The first kappa shape index (κ1) is 17.9. The van der Waals surface area contributed by atoms with Gasteiger partial charge in [0, 0.05) is 6.20 Å². The Balaban J connectivity index is 1.66. The van der Waals surface area contributed by atoms with Gasteiger partial charge in [0.25, 0.3) is 21.8 Å². The van der Waals surface area contributed by atoms with Gasteiger partial charge in [0.15, 0.2) is 0 Å². The summed E-state index contributed by atoms with van der Waals surface area (Å²) in [7, 11) is -3.81. The third kappa shape index (κ3) is 3.03. The molecule has 0 atom stereocenters. The molecule has 0 unspecified atom stereocenters. The number of nitrogens with one attached hydrogen (secondary N) is 1. The van der Waals surface area contributed by atoms with E-state index in [2.05, 4.69) is 9.71 Å². The lowest BCUT2D eigenvalue weighted by molar-refractivity contribution is 0.0924. The molecule has 2 heterocycles. The molecule has 1 aliphatic heterocycles. The molecule has 1 aromatic heterocycles. The van der Waals surface area contributed by atoms with Gasteiger partial charge >= 0.3 is 0 Å². The highest BCUT2D eigenvalue weighted by atomic mass is 32.2. The zero-order chi connectivity index (χ0) is 19.9. The van der Waals surface area contributed by atoms with Crippen molar-refractivity contribution in [1.29, 1.82) is 0 Å². The number of hydrogen-bond acceptors (Lipinski definition) is 5. The first-order chi connectivity index (χ1) is 13.4. The van der Waals surface area contributed by atoms with Crippen LogP contribution in [0.3, 0.4) is 0 Å². The van der Waals surface area contributed by atoms with E-state index in [1.54, 1.807) is 49.4 Å². The van der Waals surface area contributed by atoms with E-state index in [4.69, 9.17) is 0 Å². The van der Waals surface area contributed by atoms with Gasteiger partial charge in [-0.1, -0.05) is 18.2 Å². The van der Waals surface area contributed by atoms with Gasteiger partial charge < -0.3 is 0 Å². The monoisotopic (exact) mass is 393 g/mol. The predicted octanol–water partition coefficient (Wildman–Crippen LogP) is 2.99. The minimum absolute atomic E-state index is 0.0817. The average Bonchev–Trinajstić information content (AvgIpc) is 2.93. The van der Waals surface area contributed by atoms with Crippen molar-refractivity contribution in [1.82, 2.24) is 4.98 Å². The first-order valence-electron chi connectivity index (χ1n) is 8.40. The summed E-state index contributed by atoms with van der Waals surface area (Å²) < 4.78 is 27.7. The fourth-order valence-electron chi connectivity index (χ4n) is 3.01. The second-order valence-corrected chi connectivity index (χ2v) is 8.00. The van der Waals surface area contributed by atoms with Crippen LogP contribution in [0.25, 0.3) is 0 Å². The number of carbonyl (C=O) groups is 2. The summed E-state index contributed by atoms with van der Waals surface area (Å²) in [5.41, 5.74) is 1.62. The molecule has 28 heavy (non-hydrogen) atoms. The van der Waals surface area contributed by atoms with Gasteiger partial charge in [-0.15, -0.1) is 0 Å². The summed E-state index contributed by atoms with van der Waals surface area (Å²) in [6.45, 7) is 1.80. The number of carbonyl (C=O) groups excluding carboxylic acids is 2. The van der Waals surface area contributed by atoms with Crippen LogP contribution in [-0.2, 0) is 10.0 Å². The Morgan fingerprint density at radius 1 is 0.929 bits per heavy atom. The highest BCUT2D eigenvalue weighted by Gasteiger charge is 2.37. The van der Waals surface area contributed by atoms with Gasteiger partial charge in [-0.3, -0.25) is 19.3 Å². The van der Waals surface area contributed by atoms with Gasteiger partial charge in [0.2, 0.25) is 0 Å². The summed E-state index contributed by atoms with van der Waals surface area (Å²) in [6.07, 6.45) is 1.44. The normalized spacial score (nSPS) is 13.5. The van der Waals surface area contributed by atoms with Crippen LogP contribution in [0, 0.1) is 6.92 Å². The summed E-state index contributed by atoms with van der Waals surface area (Å²) in [4.78, 5) is 30.2. The van der Waals surface area contributed by atoms with E-state index >= 15 is 0 Å². The number of amides is 2. The number of anilines is 2. The van der Waals surface area contributed by atoms with E-state index in [0.717, 1.165) is 10.5 Å². The molecule has 0 spiro atoms. The number of imide groups is 1. The number of aromatic nitrogens is 1. The Kier molecular flexibility index (Phi) is 4.20. The third-order valence-corrected chi connectivity index (χ3v) is 5.68. The maximum Gasteiger partial charge on any atom is 0.284 e. The van der Waals surface area contributed by atoms with E-state index in [9.17, 15) is 18.0 Å². The molecule has 3 aromatic rings. The lowest BCUT2D eigenvalue weighted by Gasteiger charge is -2.15. The first-order valence-corrected chi connectivity index (χ1v) is 9.88. The maximum atomic E-state index is 12.6. The van der Waals surface area contributed by atoms with Crippen molar-refractivity contribution in [2.75, 3.05) is 9.62 Å². The topological polar surface area (TPSA) is 96.4 Å². The van der Waals surface area contributed by atoms with Crippen molar-refractivity contribution in [3.8, 4) is 0 Å². The number of sulfonamides is 1. The highest BCUT2D eigenvalue weighted by Crippen LogP contribution is 2.29. The molecule has 0 saturated carbocycles. The molecule has 0 bridgehead atoms. The Morgan fingerprint density at radius 2 is 1.71 bits per heavy atom. The SMILES string of the molecule is Cc1cccc(S(=O)(=O)Nc2cccc(N3C(=O)c4cccnc4C3=O)c2)c1. The molecule has 7 nitrogen and oxygen atoms in total. The van der Waals surface area contributed by atoms with Crippen LogP contribution in [0.5, 0.6) is 0 Å².